The van der Waals surface area contributed by atoms with Crippen LogP contribution in [0.15, 0.2) is 0 Å². The third-order valence-corrected chi connectivity index (χ3v) is 8.45. The van der Waals surface area contributed by atoms with Crippen LogP contribution in [0.4, 0.5) is 0 Å². The zero-order valence-electron chi connectivity index (χ0n) is 17.7. The molecular formula is C22H34O6. The summed E-state index contributed by atoms with van der Waals surface area (Å²) in [5.74, 6) is -0.890. The lowest BCUT2D eigenvalue weighted by atomic mass is 9.43. The maximum atomic E-state index is 13.5. The van der Waals surface area contributed by atoms with Crippen LogP contribution in [0.2, 0.25) is 0 Å². The van der Waals surface area contributed by atoms with Crippen molar-refractivity contribution in [2.45, 2.75) is 96.7 Å². The molecule has 0 bridgehead atoms. The van der Waals surface area contributed by atoms with Gasteiger partial charge < -0.3 is 19.3 Å². The van der Waals surface area contributed by atoms with Gasteiger partial charge in [0.25, 0.3) is 0 Å². The average molecular weight is 395 g/mol. The first-order valence-electron chi connectivity index (χ1n) is 10.7. The average Bonchev–Trinajstić information content (AvgIpc) is 3.14. The van der Waals surface area contributed by atoms with E-state index >= 15 is 0 Å². The van der Waals surface area contributed by atoms with Gasteiger partial charge in [-0.05, 0) is 31.1 Å². The zero-order chi connectivity index (χ0) is 20.5. The molecule has 0 aromatic carbocycles. The Morgan fingerprint density at radius 1 is 1.18 bits per heavy atom. The molecule has 6 nitrogen and oxygen atoms in total. The predicted octanol–water partition coefficient (Wildman–Crippen LogP) is 3.00. The van der Waals surface area contributed by atoms with E-state index in [-0.39, 0.29) is 28.4 Å². The number of hydrogen-bond acceptors (Lipinski definition) is 6. The van der Waals surface area contributed by atoms with E-state index in [4.69, 9.17) is 14.2 Å². The first kappa shape index (κ1) is 20.3. The summed E-state index contributed by atoms with van der Waals surface area (Å²) < 4.78 is 18.0. The number of aliphatic hydroxyl groups excluding tert-OH is 1. The molecule has 0 aromatic rings. The van der Waals surface area contributed by atoms with Crippen molar-refractivity contribution in [1.29, 1.82) is 0 Å². The fourth-order valence-electron chi connectivity index (χ4n) is 7.28. The Hall–Kier alpha value is -0.980. The Bertz CT molecular complexity index is 689. The minimum absolute atomic E-state index is 0.0239. The number of hydrogen-bond donors (Lipinski definition) is 1. The molecule has 2 heterocycles. The van der Waals surface area contributed by atoms with Crippen molar-refractivity contribution in [3.05, 3.63) is 0 Å². The van der Waals surface area contributed by atoms with E-state index in [0.717, 1.165) is 32.1 Å². The molecule has 4 rings (SSSR count). The van der Waals surface area contributed by atoms with Crippen LogP contribution in [0.5, 0.6) is 0 Å². The van der Waals surface area contributed by atoms with Crippen molar-refractivity contribution in [3.63, 3.8) is 0 Å². The smallest absolute Gasteiger partial charge is 0.303 e. The molecule has 158 valence electrons. The number of Topliss-reactive ketones (excluding diaryl/α,β-unsaturated/α-hetero) is 1. The van der Waals surface area contributed by atoms with Crippen LogP contribution in [0.1, 0.15) is 73.1 Å². The molecule has 2 aliphatic carbocycles. The SMILES string of the molecule is CC(=O)OC1C(=O)C(C)C2(CCC3(COC(O)C3)O2)C2(C)CCCC(C)(C)C12. The van der Waals surface area contributed by atoms with E-state index < -0.39 is 29.6 Å². The second kappa shape index (κ2) is 6.26. The van der Waals surface area contributed by atoms with Gasteiger partial charge in [0.1, 0.15) is 0 Å². The molecular weight excluding hydrogens is 360 g/mol. The van der Waals surface area contributed by atoms with E-state index in [1.807, 2.05) is 6.92 Å². The van der Waals surface area contributed by atoms with Crippen LogP contribution in [-0.2, 0) is 23.8 Å². The van der Waals surface area contributed by atoms with E-state index in [9.17, 15) is 14.7 Å². The number of aliphatic hydroxyl groups is 1. The van der Waals surface area contributed by atoms with E-state index in [0.29, 0.717) is 13.0 Å². The highest BCUT2D eigenvalue weighted by Gasteiger charge is 2.72. The van der Waals surface area contributed by atoms with Crippen molar-refractivity contribution in [2.24, 2.45) is 22.7 Å². The molecule has 2 saturated heterocycles. The molecule has 6 heteroatoms. The van der Waals surface area contributed by atoms with Crippen LogP contribution < -0.4 is 0 Å². The summed E-state index contributed by atoms with van der Waals surface area (Å²) in [4.78, 5) is 25.4. The summed E-state index contributed by atoms with van der Waals surface area (Å²) in [6.07, 6.45) is 3.48. The maximum absolute atomic E-state index is 13.5. The van der Waals surface area contributed by atoms with E-state index in [2.05, 4.69) is 20.8 Å². The number of esters is 1. The van der Waals surface area contributed by atoms with Gasteiger partial charge in [0.05, 0.1) is 17.8 Å². The number of fused-ring (bicyclic) bond motifs is 2. The third kappa shape index (κ3) is 2.63. The summed E-state index contributed by atoms with van der Waals surface area (Å²) >= 11 is 0. The Morgan fingerprint density at radius 3 is 2.50 bits per heavy atom. The largest absolute Gasteiger partial charge is 0.454 e. The Balaban J connectivity index is 1.80. The highest BCUT2D eigenvalue weighted by molar-refractivity contribution is 5.90. The van der Waals surface area contributed by atoms with E-state index in [1.54, 1.807) is 0 Å². The molecule has 4 fully saturated rings. The van der Waals surface area contributed by atoms with Gasteiger partial charge in [-0.3, -0.25) is 9.59 Å². The molecule has 2 saturated carbocycles. The monoisotopic (exact) mass is 394 g/mol. The van der Waals surface area contributed by atoms with Crippen LogP contribution in [-0.4, -0.2) is 47.1 Å². The number of carbonyl (C=O) groups excluding carboxylic acids is 2. The summed E-state index contributed by atoms with van der Waals surface area (Å²) in [7, 11) is 0. The van der Waals surface area contributed by atoms with Crippen molar-refractivity contribution in [2.75, 3.05) is 6.61 Å². The van der Waals surface area contributed by atoms with Gasteiger partial charge in [0, 0.05) is 30.6 Å². The van der Waals surface area contributed by atoms with Crippen LogP contribution in [0.25, 0.3) is 0 Å². The highest BCUT2D eigenvalue weighted by Crippen LogP contribution is 2.67. The quantitative estimate of drug-likeness (QED) is 0.689. The molecule has 7 atom stereocenters. The number of ketones is 1. The standard InChI is InChI=1S/C22H34O6/c1-13-16(25)17(27-14(2)23)18-19(3,4)7-6-8-20(18,5)22(13)10-9-21(28-22)11-15(24)26-12-21/h13,15,17-18,24H,6-12H2,1-5H3. The Kier molecular flexibility index (Phi) is 4.54. The summed E-state index contributed by atoms with van der Waals surface area (Å²) in [5.41, 5.74) is -1.56. The number of ether oxygens (including phenoxy) is 3. The zero-order valence-corrected chi connectivity index (χ0v) is 17.7. The molecule has 0 aromatic heterocycles. The molecule has 28 heavy (non-hydrogen) atoms. The van der Waals surface area contributed by atoms with Crippen LogP contribution in [0.3, 0.4) is 0 Å². The van der Waals surface area contributed by atoms with Crippen molar-refractivity contribution >= 4 is 11.8 Å². The van der Waals surface area contributed by atoms with Gasteiger partial charge in [0.2, 0.25) is 0 Å². The molecule has 7 unspecified atom stereocenters. The summed E-state index contributed by atoms with van der Waals surface area (Å²) in [5, 5.41) is 9.95. The fourth-order valence-corrected chi connectivity index (χ4v) is 7.28. The van der Waals surface area contributed by atoms with Gasteiger partial charge in [-0.1, -0.05) is 34.1 Å². The molecule has 2 aliphatic heterocycles. The van der Waals surface area contributed by atoms with Crippen LogP contribution >= 0.6 is 0 Å². The van der Waals surface area contributed by atoms with E-state index in [1.165, 1.54) is 6.92 Å². The topological polar surface area (TPSA) is 82.1 Å². The van der Waals surface area contributed by atoms with Crippen molar-refractivity contribution in [3.8, 4) is 0 Å². The van der Waals surface area contributed by atoms with Crippen molar-refractivity contribution in [1.82, 2.24) is 0 Å². The molecule has 0 amide bonds. The normalized spacial score (nSPS) is 50.1. The Morgan fingerprint density at radius 2 is 1.89 bits per heavy atom. The van der Waals surface area contributed by atoms with Gasteiger partial charge >= 0.3 is 5.97 Å². The maximum Gasteiger partial charge on any atom is 0.303 e. The number of carbonyl (C=O) groups is 2. The molecule has 4 aliphatic rings. The summed E-state index contributed by atoms with van der Waals surface area (Å²) in [6.45, 7) is 10.3. The first-order chi connectivity index (χ1) is 13.0. The second-order valence-electron chi connectivity index (χ2n) is 10.5. The summed E-state index contributed by atoms with van der Waals surface area (Å²) in [6, 6.07) is 0. The highest BCUT2D eigenvalue weighted by atomic mass is 16.6. The van der Waals surface area contributed by atoms with Gasteiger partial charge in [-0.15, -0.1) is 0 Å². The van der Waals surface area contributed by atoms with Crippen LogP contribution in [0, 0.1) is 22.7 Å². The molecule has 0 radical (unpaired) electrons. The van der Waals surface area contributed by atoms with Crippen molar-refractivity contribution < 1.29 is 28.9 Å². The van der Waals surface area contributed by atoms with Gasteiger partial charge in [-0.2, -0.15) is 0 Å². The fraction of sp³-hybridized carbons (Fsp3) is 0.909. The van der Waals surface area contributed by atoms with Gasteiger partial charge in [-0.25, -0.2) is 0 Å². The predicted molar refractivity (Wildman–Crippen MR) is 101 cm³/mol. The second-order valence-corrected chi connectivity index (χ2v) is 10.5. The lowest BCUT2D eigenvalue weighted by molar-refractivity contribution is -0.260. The van der Waals surface area contributed by atoms with Gasteiger partial charge in [0.15, 0.2) is 18.2 Å². The Labute approximate surface area is 167 Å². The molecule has 1 N–H and O–H groups in total. The number of rotatable bonds is 1. The minimum Gasteiger partial charge on any atom is -0.454 e. The molecule has 2 spiro atoms. The lowest BCUT2D eigenvalue weighted by Crippen LogP contribution is -2.70. The first-order valence-corrected chi connectivity index (χ1v) is 10.7. The minimum atomic E-state index is -0.801. The third-order valence-electron chi connectivity index (χ3n) is 8.45. The lowest BCUT2D eigenvalue weighted by Gasteiger charge is -2.64.